The van der Waals surface area contributed by atoms with Gasteiger partial charge in [-0.15, -0.1) is 0 Å². The van der Waals surface area contributed by atoms with E-state index in [4.69, 9.17) is 0 Å². The maximum Gasteiger partial charge on any atom is 0.0622 e. The summed E-state index contributed by atoms with van der Waals surface area (Å²) in [5.74, 6) is 1.98. The SMILES string of the molecule is C[C@@H]1CCC2=C1C[C@H](C(C)(C)O)CC[C@@H]2C. The molecule has 0 fully saturated rings. The summed E-state index contributed by atoms with van der Waals surface area (Å²) in [6.07, 6.45) is 6.25. The fourth-order valence-electron chi connectivity index (χ4n) is 3.51. The van der Waals surface area contributed by atoms with Crippen LogP contribution in [0, 0.1) is 17.8 Å². The van der Waals surface area contributed by atoms with Crippen molar-refractivity contribution < 1.29 is 5.11 Å². The van der Waals surface area contributed by atoms with E-state index in [1.54, 1.807) is 11.1 Å². The van der Waals surface area contributed by atoms with Gasteiger partial charge in [0.2, 0.25) is 0 Å². The molecule has 0 aromatic rings. The maximum absolute atomic E-state index is 10.2. The summed E-state index contributed by atoms with van der Waals surface area (Å²) < 4.78 is 0. The molecule has 92 valence electrons. The molecule has 3 atom stereocenters. The molecule has 0 aromatic carbocycles. The molecule has 0 aliphatic heterocycles. The van der Waals surface area contributed by atoms with Gasteiger partial charge in [-0.05, 0) is 63.7 Å². The Bertz CT molecular complexity index is 295. The third-order valence-electron chi connectivity index (χ3n) is 4.86. The number of hydrogen-bond donors (Lipinski definition) is 1. The number of allylic oxidation sites excluding steroid dienone is 2. The molecule has 16 heavy (non-hydrogen) atoms. The summed E-state index contributed by atoms with van der Waals surface area (Å²) in [5, 5.41) is 10.2. The first-order valence-corrected chi connectivity index (χ1v) is 6.83. The second-order valence-electron chi connectivity index (χ2n) is 6.52. The minimum atomic E-state index is -0.509. The van der Waals surface area contributed by atoms with E-state index in [1.165, 1.54) is 25.7 Å². The van der Waals surface area contributed by atoms with Gasteiger partial charge in [-0.3, -0.25) is 0 Å². The molecular weight excluding hydrogens is 196 g/mol. The summed E-state index contributed by atoms with van der Waals surface area (Å²) >= 11 is 0. The first-order valence-electron chi connectivity index (χ1n) is 6.83. The van der Waals surface area contributed by atoms with Crippen molar-refractivity contribution in [2.75, 3.05) is 0 Å². The van der Waals surface area contributed by atoms with E-state index in [0.29, 0.717) is 5.92 Å². The van der Waals surface area contributed by atoms with Crippen LogP contribution in [0.1, 0.15) is 59.8 Å². The molecule has 1 nitrogen and oxygen atoms in total. The monoisotopic (exact) mass is 222 g/mol. The lowest BCUT2D eigenvalue weighted by molar-refractivity contribution is 0.0119. The Morgan fingerprint density at radius 3 is 2.25 bits per heavy atom. The van der Waals surface area contributed by atoms with Crippen LogP contribution in [0.2, 0.25) is 0 Å². The smallest absolute Gasteiger partial charge is 0.0622 e. The molecule has 2 aliphatic carbocycles. The summed E-state index contributed by atoms with van der Waals surface area (Å²) in [7, 11) is 0. The van der Waals surface area contributed by atoms with Crippen LogP contribution in [-0.4, -0.2) is 10.7 Å². The highest BCUT2D eigenvalue weighted by atomic mass is 16.3. The van der Waals surface area contributed by atoms with Gasteiger partial charge < -0.3 is 5.11 Å². The molecule has 0 aromatic heterocycles. The predicted molar refractivity (Wildman–Crippen MR) is 68.2 cm³/mol. The topological polar surface area (TPSA) is 20.2 Å². The predicted octanol–water partition coefficient (Wildman–Crippen LogP) is 3.92. The highest BCUT2D eigenvalue weighted by Crippen LogP contribution is 2.45. The second-order valence-corrected chi connectivity index (χ2v) is 6.52. The lowest BCUT2D eigenvalue weighted by Crippen LogP contribution is -2.31. The van der Waals surface area contributed by atoms with Crippen molar-refractivity contribution in [2.24, 2.45) is 17.8 Å². The summed E-state index contributed by atoms with van der Waals surface area (Å²) in [4.78, 5) is 0. The van der Waals surface area contributed by atoms with Gasteiger partial charge in [0.1, 0.15) is 0 Å². The Kier molecular flexibility index (Phi) is 3.18. The second kappa shape index (κ2) is 4.18. The van der Waals surface area contributed by atoms with E-state index in [-0.39, 0.29) is 0 Å². The number of aliphatic hydroxyl groups is 1. The first kappa shape index (κ1) is 12.2. The van der Waals surface area contributed by atoms with E-state index in [2.05, 4.69) is 13.8 Å². The van der Waals surface area contributed by atoms with Crippen LogP contribution in [0.15, 0.2) is 11.1 Å². The van der Waals surface area contributed by atoms with E-state index in [9.17, 15) is 5.11 Å². The van der Waals surface area contributed by atoms with Gasteiger partial charge in [0.05, 0.1) is 5.60 Å². The fraction of sp³-hybridized carbons (Fsp3) is 0.867. The first-order chi connectivity index (χ1) is 7.39. The van der Waals surface area contributed by atoms with Gasteiger partial charge in [0, 0.05) is 0 Å². The highest BCUT2D eigenvalue weighted by Gasteiger charge is 2.35. The quantitative estimate of drug-likeness (QED) is 0.667. The lowest BCUT2D eigenvalue weighted by Gasteiger charge is -2.30. The van der Waals surface area contributed by atoms with Crippen LogP contribution in [0.3, 0.4) is 0 Å². The van der Waals surface area contributed by atoms with Crippen LogP contribution in [0.4, 0.5) is 0 Å². The summed E-state index contributed by atoms with van der Waals surface area (Å²) in [6.45, 7) is 8.70. The average Bonchev–Trinajstić information content (AvgIpc) is 2.42. The summed E-state index contributed by atoms with van der Waals surface area (Å²) in [6, 6.07) is 0. The minimum Gasteiger partial charge on any atom is -0.390 e. The number of rotatable bonds is 1. The highest BCUT2D eigenvalue weighted by molar-refractivity contribution is 5.26. The van der Waals surface area contributed by atoms with Gasteiger partial charge in [-0.2, -0.15) is 0 Å². The van der Waals surface area contributed by atoms with Crippen molar-refractivity contribution >= 4 is 0 Å². The van der Waals surface area contributed by atoms with E-state index in [1.807, 2.05) is 13.8 Å². The average molecular weight is 222 g/mol. The normalized spacial score (nSPS) is 36.2. The zero-order chi connectivity index (χ0) is 11.9. The zero-order valence-electron chi connectivity index (χ0n) is 11.2. The largest absolute Gasteiger partial charge is 0.390 e. The van der Waals surface area contributed by atoms with E-state index in [0.717, 1.165) is 18.3 Å². The van der Waals surface area contributed by atoms with Crippen molar-refractivity contribution in [3.63, 3.8) is 0 Å². The molecule has 0 saturated carbocycles. The Balaban J connectivity index is 2.23. The fourth-order valence-corrected chi connectivity index (χ4v) is 3.51. The molecule has 1 heteroatoms. The molecule has 0 saturated heterocycles. The maximum atomic E-state index is 10.2. The van der Waals surface area contributed by atoms with Crippen molar-refractivity contribution in [1.29, 1.82) is 0 Å². The van der Waals surface area contributed by atoms with Crippen molar-refractivity contribution in [3.05, 3.63) is 11.1 Å². The van der Waals surface area contributed by atoms with Crippen molar-refractivity contribution in [2.45, 2.75) is 65.4 Å². The van der Waals surface area contributed by atoms with Gasteiger partial charge in [-0.25, -0.2) is 0 Å². The Morgan fingerprint density at radius 1 is 1.00 bits per heavy atom. The lowest BCUT2D eigenvalue weighted by atomic mass is 9.81. The zero-order valence-corrected chi connectivity index (χ0v) is 11.2. The molecule has 0 bridgehead atoms. The van der Waals surface area contributed by atoms with E-state index >= 15 is 0 Å². The van der Waals surface area contributed by atoms with Crippen molar-refractivity contribution in [1.82, 2.24) is 0 Å². The standard InChI is InChI=1S/C15H26O/c1-10-5-7-12(15(3,4)16)9-14-11(2)6-8-13(10)14/h10-12,16H,5-9H2,1-4H3/t10-,11+,12+/m0/s1. The van der Waals surface area contributed by atoms with Gasteiger partial charge >= 0.3 is 0 Å². The molecule has 2 aliphatic rings. The molecule has 1 N–H and O–H groups in total. The minimum absolute atomic E-state index is 0.461. The van der Waals surface area contributed by atoms with E-state index < -0.39 is 5.60 Å². The molecule has 0 amide bonds. The Hall–Kier alpha value is -0.300. The third kappa shape index (κ3) is 2.20. The Labute approximate surface area is 99.9 Å². The Morgan fingerprint density at radius 2 is 1.62 bits per heavy atom. The van der Waals surface area contributed by atoms with Crippen LogP contribution >= 0.6 is 0 Å². The van der Waals surface area contributed by atoms with Crippen LogP contribution in [0.25, 0.3) is 0 Å². The van der Waals surface area contributed by atoms with Crippen LogP contribution in [0.5, 0.6) is 0 Å². The van der Waals surface area contributed by atoms with Gasteiger partial charge in [0.25, 0.3) is 0 Å². The molecule has 0 radical (unpaired) electrons. The number of hydrogen-bond acceptors (Lipinski definition) is 1. The van der Waals surface area contributed by atoms with Crippen LogP contribution in [-0.2, 0) is 0 Å². The van der Waals surface area contributed by atoms with Crippen molar-refractivity contribution in [3.8, 4) is 0 Å². The third-order valence-corrected chi connectivity index (χ3v) is 4.86. The molecule has 2 rings (SSSR count). The summed E-state index contributed by atoms with van der Waals surface area (Å²) in [5.41, 5.74) is 2.92. The molecule has 0 unspecified atom stereocenters. The van der Waals surface area contributed by atoms with Gasteiger partial charge in [-0.1, -0.05) is 25.0 Å². The molecule has 0 spiro atoms. The molecular formula is C15H26O. The molecule has 0 heterocycles. The van der Waals surface area contributed by atoms with Gasteiger partial charge in [0.15, 0.2) is 0 Å². The van der Waals surface area contributed by atoms with Crippen LogP contribution < -0.4 is 0 Å².